The number of piperidine rings is 1. The lowest BCUT2D eigenvalue weighted by atomic mass is 9.99. The summed E-state index contributed by atoms with van der Waals surface area (Å²) in [5, 5.41) is 16.6. The summed E-state index contributed by atoms with van der Waals surface area (Å²) >= 11 is 0. The number of nitrogens with zero attached hydrogens (tertiary/aromatic N) is 3. The molecule has 1 aliphatic heterocycles. The Kier molecular flexibility index (Phi) is 4.94. The van der Waals surface area contributed by atoms with Crippen molar-refractivity contribution in [1.82, 2.24) is 20.1 Å². The number of rotatable bonds is 4. The van der Waals surface area contributed by atoms with Gasteiger partial charge in [0.2, 0.25) is 0 Å². The first-order valence-electron chi connectivity index (χ1n) is 8.53. The van der Waals surface area contributed by atoms with Gasteiger partial charge in [-0.05, 0) is 37.0 Å². The van der Waals surface area contributed by atoms with Crippen LogP contribution >= 0.6 is 0 Å². The Bertz CT molecular complexity index is 711. The zero-order chi connectivity index (χ0) is 17.1. The number of H-pyrrole nitrogens is 1. The van der Waals surface area contributed by atoms with Gasteiger partial charge in [-0.3, -0.25) is 9.89 Å². The van der Waals surface area contributed by atoms with Crippen molar-refractivity contribution in [3.63, 3.8) is 0 Å². The molecule has 2 heterocycles. The van der Waals surface area contributed by atoms with Gasteiger partial charge < -0.3 is 10.0 Å². The highest BCUT2D eigenvalue weighted by Gasteiger charge is 2.31. The number of aromatic amines is 1. The predicted molar refractivity (Wildman–Crippen MR) is 90.5 cm³/mol. The molecule has 1 aromatic carbocycles. The predicted octanol–water partition coefficient (Wildman–Crippen LogP) is 2.79. The molecule has 1 saturated heterocycles. The quantitative estimate of drug-likeness (QED) is 0.904. The van der Waals surface area contributed by atoms with Crippen molar-refractivity contribution < 1.29 is 9.90 Å². The van der Waals surface area contributed by atoms with Crippen LogP contribution in [0.5, 0.6) is 0 Å². The summed E-state index contributed by atoms with van der Waals surface area (Å²) in [7, 11) is 0. The fourth-order valence-corrected chi connectivity index (χ4v) is 3.12. The number of aromatic nitrogens is 3. The Morgan fingerprint density at radius 2 is 2.25 bits per heavy atom. The fraction of sp³-hybridized carbons (Fsp3) is 0.500. The van der Waals surface area contributed by atoms with Gasteiger partial charge in [0.1, 0.15) is 5.82 Å². The van der Waals surface area contributed by atoms with E-state index in [0.717, 1.165) is 36.5 Å². The molecular formula is C18H24N4O2. The van der Waals surface area contributed by atoms with Crippen LogP contribution in [-0.4, -0.2) is 37.6 Å². The van der Waals surface area contributed by atoms with Crippen LogP contribution in [0.2, 0.25) is 0 Å². The summed E-state index contributed by atoms with van der Waals surface area (Å²) in [4.78, 5) is 19.4. The van der Waals surface area contributed by atoms with Gasteiger partial charge in [-0.2, -0.15) is 5.10 Å². The van der Waals surface area contributed by atoms with E-state index in [2.05, 4.69) is 29.0 Å². The Labute approximate surface area is 141 Å². The third-order valence-electron chi connectivity index (χ3n) is 4.47. The monoisotopic (exact) mass is 328 g/mol. The zero-order valence-electron chi connectivity index (χ0n) is 14.2. The maximum absolute atomic E-state index is 13.0. The van der Waals surface area contributed by atoms with E-state index in [0.29, 0.717) is 12.1 Å². The molecule has 0 unspecified atom stereocenters. The van der Waals surface area contributed by atoms with E-state index in [1.54, 1.807) is 12.1 Å². The molecule has 1 aliphatic rings. The van der Waals surface area contributed by atoms with Gasteiger partial charge in [0, 0.05) is 18.0 Å². The minimum atomic E-state index is -0.0657. The van der Waals surface area contributed by atoms with Crippen LogP contribution in [0.15, 0.2) is 24.3 Å². The van der Waals surface area contributed by atoms with E-state index >= 15 is 0 Å². The molecule has 3 rings (SSSR count). The summed E-state index contributed by atoms with van der Waals surface area (Å²) in [5.41, 5.74) is 1.35. The molecule has 1 fully saturated rings. The van der Waals surface area contributed by atoms with Crippen LogP contribution in [0.1, 0.15) is 72.6 Å². The van der Waals surface area contributed by atoms with Gasteiger partial charge in [-0.25, -0.2) is 4.98 Å². The Hall–Kier alpha value is -2.21. The highest BCUT2D eigenvalue weighted by atomic mass is 16.3. The molecule has 6 heteroatoms. The normalized spacial score (nSPS) is 18.2. The molecule has 1 amide bonds. The molecule has 1 atom stereocenters. The summed E-state index contributed by atoms with van der Waals surface area (Å²) in [5.74, 6) is 1.79. The fourth-order valence-electron chi connectivity index (χ4n) is 3.12. The lowest BCUT2D eigenvalue weighted by Crippen LogP contribution is -2.39. The number of hydrogen-bond donors (Lipinski definition) is 2. The van der Waals surface area contributed by atoms with E-state index in [4.69, 9.17) is 0 Å². The van der Waals surface area contributed by atoms with Gasteiger partial charge in [-0.15, -0.1) is 0 Å². The number of nitrogens with one attached hydrogen (secondary N) is 1. The van der Waals surface area contributed by atoms with Crippen molar-refractivity contribution >= 4 is 5.91 Å². The average molecular weight is 328 g/mol. The Morgan fingerprint density at radius 3 is 2.96 bits per heavy atom. The number of likely N-dealkylation sites (tertiary alicyclic amines) is 1. The topological polar surface area (TPSA) is 82.1 Å². The summed E-state index contributed by atoms with van der Waals surface area (Å²) in [6.07, 6.45) is 2.95. The van der Waals surface area contributed by atoms with Crippen molar-refractivity contribution in [2.24, 2.45) is 0 Å². The number of aliphatic hydroxyl groups excluding tert-OH is 1. The molecule has 128 valence electrons. The van der Waals surface area contributed by atoms with Crippen LogP contribution in [0.25, 0.3) is 0 Å². The van der Waals surface area contributed by atoms with Crippen LogP contribution < -0.4 is 0 Å². The second kappa shape index (κ2) is 7.13. The van der Waals surface area contributed by atoms with E-state index in [1.807, 2.05) is 17.0 Å². The molecule has 2 aromatic rings. The van der Waals surface area contributed by atoms with Crippen LogP contribution in [0.3, 0.4) is 0 Å². The number of benzene rings is 1. The largest absolute Gasteiger partial charge is 0.392 e. The minimum absolute atomic E-state index is 0.0162. The highest BCUT2D eigenvalue weighted by molar-refractivity contribution is 5.94. The SMILES string of the molecule is CC(C)c1n[nH]c([C@H]2CCCCN2C(=O)c2cccc(CO)c2)n1. The Morgan fingerprint density at radius 1 is 1.42 bits per heavy atom. The van der Waals surface area contributed by atoms with E-state index in [-0.39, 0.29) is 24.5 Å². The number of carbonyl (C=O) groups excluding carboxylic acids is 1. The molecular weight excluding hydrogens is 304 g/mol. The lowest BCUT2D eigenvalue weighted by molar-refractivity contribution is 0.0600. The second-order valence-corrected chi connectivity index (χ2v) is 6.60. The Balaban J connectivity index is 1.86. The summed E-state index contributed by atoms with van der Waals surface area (Å²) in [6, 6.07) is 7.11. The van der Waals surface area contributed by atoms with E-state index < -0.39 is 0 Å². The van der Waals surface area contributed by atoms with Gasteiger partial charge in [0.25, 0.3) is 5.91 Å². The number of amides is 1. The maximum Gasteiger partial charge on any atom is 0.254 e. The molecule has 24 heavy (non-hydrogen) atoms. The van der Waals surface area contributed by atoms with Crippen molar-refractivity contribution in [3.8, 4) is 0 Å². The smallest absolute Gasteiger partial charge is 0.254 e. The first kappa shape index (κ1) is 16.6. The molecule has 0 bridgehead atoms. The van der Waals surface area contributed by atoms with E-state index in [9.17, 15) is 9.90 Å². The number of hydrogen-bond acceptors (Lipinski definition) is 4. The second-order valence-electron chi connectivity index (χ2n) is 6.60. The third-order valence-corrected chi connectivity index (χ3v) is 4.47. The van der Waals surface area contributed by atoms with Crippen molar-refractivity contribution in [2.45, 2.75) is 51.7 Å². The van der Waals surface area contributed by atoms with Crippen molar-refractivity contribution in [1.29, 1.82) is 0 Å². The van der Waals surface area contributed by atoms with Gasteiger partial charge in [0.05, 0.1) is 12.6 Å². The molecule has 0 spiro atoms. The molecule has 0 saturated carbocycles. The molecule has 2 N–H and O–H groups in total. The average Bonchev–Trinajstić information content (AvgIpc) is 3.11. The lowest BCUT2D eigenvalue weighted by Gasteiger charge is -2.34. The third kappa shape index (κ3) is 3.33. The molecule has 0 aliphatic carbocycles. The first-order valence-corrected chi connectivity index (χ1v) is 8.53. The first-order chi connectivity index (χ1) is 11.6. The maximum atomic E-state index is 13.0. The van der Waals surface area contributed by atoms with Crippen molar-refractivity contribution in [3.05, 3.63) is 47.0 Å². The summed E-state index contributed by atoms with van der Waals surface area (Å²) in [6.45, 7) is 4.75. The van der Waals surface area contributed by atoms with Gasteiger partial charge >= 0.3 is 0 Å². The van der Waals surface area contributed by atoms with Crippen LogP contribution in [-0.2, 0) is 6.61 Å². The summed E-state index contributed by atoms with van der Waals surface area (Å²) < 4.78 is 0. The molecule has 1 aromatic heterocycles. The molecule has 6 nitrogen and oxygen atoms in total. The minimum Gasteiger partial charge on any atom is -0.392 e. The zero-order valence-corrected chi connectivity index (χ0v) is 14.2. The number of carbonyl (C=O) groups is 1. The van der Waals surface area contributed by atoms with Gasteiger partial charge in [0.15, 0.2) is 5.82 Å². The van der Waals surface area contributed by atoms with Crippen molar-refractivity contribution in [2.75, 3.05) is 6.54 Å². The number of aliphatic hydroxyl groups is 1. The standard InChI is InChI=1S/C18H24N4O2/c1-12(2)16-19-17(21-20-16)15-8-3-4-9-22(15)18(24)14-7-5-6-13(10-14)11-23/h5-7,10,12,15,23H,3-4,8-9,11H2,1-2H3,(H,19,20,21)/t15-/m1/s1. The molecule has 0 radical (unpaired) electrons. The highest BCUT2D eigenvalue weighted by Crippen LogP contribution is 2.30. The van der Waals surface area contributed by atoms with E-state index in [1.165, 1.54) is 0 Å². The van der Waals surface area contributed by atoms with Crippen LogP contribution in [0.4, 0.5) is 0 Å². The van der Waals surface area contributed by atoms with Crippen LogP contribution in [0, 0.1) is 0 Å². The van der Waals surface area contributed by atoms with Gasteiger partial charge in [-0.1, -0.05) is 26.0 Å².